The first-order valence-electron chi connectivity index (χ1n) is 3.28. The van der Waals surface area contributed by atoms with Crippen molar-refractivity contribution in [3.63, 3.8) is 0 Å². The number of rotatable bonds is 3. The van der Waals surface area contributed by atoms with Crippen LogP contribution in [0.25, 0.3) is 0 Å². The van der Waals surface area contributed by atoms with Crippen LogP contribution in [0.1, 0.15) is 10.4 Å². The van der Waals surface area contributed by atoms with Crippen LogP contribution < -0.4 is 0 Å². The van der Waals surface area contributed by atoms with Gasteiger partial charge in [0.1, 0.15) is 0 Å². The fourth-order valence-electron chi connectivity index (χ4n) is 0.720. The number of carboxylic acids is 1. The quantitative estimate of drug-likeness (QED) is 0.515. The molecule has 1 heterocycles. The van der Waals surface area contributed by atoms with Crippen molar-refractivity contribution in [1.29, 1.82) is 0 Å². The Hall–Kier alpha value is -1.84. The molecule has 4 nitrogen and oxygen atoms in total. The summed E-state index contributed by atoms with van der Waals surface area (Å²) in [5.74, 6) is -1.45. The number of aliphatic carboxylic acids is 1. The lowest BCUT2D eigenvalue weighted by atomic mass is 10.2. The molecule has 0 fully saturated rings. The van der Waals surface area contributed by atoms with E-state index in [0.29, 0.717) is 5.56 Å². The predicted octanol–water partition coefficient (Wildman–Crippen LogP) is 0.838. The molecule has 0 spiro atoms. The molecule has 4 heteroatoms. The molecule has 12 heavy (non-hydrogen) atoms. The molecule has 0 atom stereocenters. The largest absolute Gasteiger partial charge is 0.478 e. The molecule has 0 aliphatic rings. The summed E-state index contributed by atoms with van der Waals surface area (Å²) in [5.41, 5.74) is 0.451. The van der Waals surface area contributed by atoms with Crippen LogP contribution >= 0.6 is 0 Å². The first-order chi connectivity index (χ1) is 5.70. The number of ketones is 1. The van der Waals surface area contributed by atoms with Gasteiger partial charge in [0.05, 0.1) is 0 Å². The van der Waals surface area contributed by atoms with Crippen LogP contribution in [0, 0.1) is 0 Å². The molecule has 0 aliphatic carbocycles. The van der Waals surface area contributed by atoms with Crippen molar-refractivity contribution in [2.45, 2.75) is 0 Å². The average Bonchev–Trinajstić information content (AvgIpc) is 2.51. The zero-order chi connectivity index (χ0) is 8.97. The summed E-state index contributed by atoms with van der Waals surface area (Å²) in [6.45, 7) is 0. The van der Waals surface area contributed by atoms with Crippen LogP contribution in [-0.4, -0.2) is 21.8 Å². The van der Waals surface area contributed by atoms with Crippen LogP contribution in [0.3, 0.4) is 0 Å². The number of H-pyrrole nitrogens is 1. The third-order valence-corrected chi connectivity index (χ3v) is 1.26. The molecule has 0 unspecified atom stereocenters. The van der Waals surface area contributed by atoms with E-state index in [4.69, 9.17) is 5.11 Å². The molecule has 1 aromatic heterocycles. The molecule has 0 bridgehead atoms. The lowest BCUT2D eigenvalue weighted by Crippen LogP contribution is -1.94. The molecule has 1 aromatic rings. The highest BCUT2D eigenvalue weighted by molar-refractivity contribution is 6.06. The van der Waals surface area contributed by atoms with E-state index < -0.39 is 5.97 Å². The van der Waals surface area contributed by atoms with Gasteiger partial charge in [-0.05, 0) is 12.1 Å². The van der Waals surface area contributed by atoms with Gasteiger partial charge in [0, 0.05) is 24.0 Å². The van der Waals surface area contributed by atoms with Crippen LogP contribution in [-0.2, 0) is 4.79 Å². The van der Waals surface area contributed by atoms with Gasteiger partial charge in [-0.15, -0.1) is 0 Å². The molecule has 0 amide bonds. The molecule has 0 aliphatic heterocycles. The van der Waals surface area contributed by atoms with Gasteiger partial charge in [-0.3, -0.25) is 4.79 Å². The Morgan fingerprint density at radius 2 is 2.17 bits per heavy atom. The monoisotopic (exact) mass is 165 g/mol. The van der Waals surface area contributed by atoms with Gasteiger partial charge in [0.25, 0.3) is 0 Å². The summed E-state index contributed by atoms with van der Waals surface area (Å²) >= 11 is 0. The summed E-state index contributed by atoms with van der Waals surface area (Å²) < 4.78 is 0. The van der Waals surface area contributed by atoms with Crippen molar-refractivity contribution in [3.8, 4) is 0 Å². The van der Waals surface area contributed by atoms with E-state index in [-0.39, 0.29) is 5.78 Å². The molecular weight excluding hydrogens is 158 g/mol. The first-order valence-corrected chi connectivity index (χ1v) is 3.28. The summed E-state index contributed by atoms with van der Waals surface area (Å²) in [6.07, 6.45) is 4.94. The van der Waals surface area contributed by atoms with Crippen LogP contribution in [0.2, 0.25) is 0 Å². The zero-order valence-corrected chi connectivity index (χ0v) is 6.15. The second kappa shape index (κ2) is 3.52. The maximum Gasteiger partial charge on any atom is 0.328 e. The summed E-state index contributed by atoms with van der Waals surface area (Å²) in [5, 5.41) is 8.21. The number of carbonyl (C=O) groups is 2. The first kappa shape index (κ1) is 8.26. The lowest BCUT2D eigenvalue weighted by molar-refractivity contribution is -0.131. The number of aromatic nitrogens is 1. The summed E-state index contributed by atoms with van der Waals surface area (Å²) in [4.78, 5) is 23.8. The van der Waals surface area contributed by atoms with E-state index in [1.54, 1.807) is 12.3 Å². The molecule has 2 N–H and O–H groups in total. The van der Waals surface area contributed by atoms with E-state index in [0.717, 1.165) is 12.2 Å². The van der Waals surface area contributed by atoms with Crippen LogP contribution in [0.5, 0.6) is 0 Å². The average molecular weight is 165 g/mol. The van der Waals surface area contributed by atoms with Gasteiger partial charge in [0.2, 0.25) is 0 Å². The van der Waals surface area contributed by atoms with Gasteiger partial charge in [0.15, 0.2) is 5.78 Å². The number of nitrogens with one attached hydrogen (secondary N) is 1. The Morgan fingerprint density at radius 1 is 1.42 bits per heavy atom. The van der Waals surface area contributed by atoms with E-state index in [1.807, 2.05) is 0 Å². The fourth-order valence-corrected chi connectivity index (χ4v) is 0.720. The Balaban J connectivity index is 2.68. The molecule has 62 valence electrons. The van der Waals surface area contributed by atoms with E-state index >= 15 is 0 Å². The van der Waals surface area contributed by atoms with Gasteiger partial charge < -0.3 is 10.1 Å². The normalized spacial score (nSPS) is 10.3. The topological polar surface area (TPSA) is 70.2 Å². The molecular formula is C8H7NO3. The standard InChI is InChI=1S/C8H7NO3/c10-7(1-2-8(11)12)6-3-4-9-5-6/h1-5,9H,(H,11,12)/b2-1+. The number of allylic oxidation sites excluding steroid dienone is 1. The zero-order valence-electron chi connectivity index (χ0n) is 6.15. The highest BCUT2D eigenvalue weighted by Crippen LogP contribution is 1.98. The van der Waals surface area contributed by atoms with Gasteiger partial charge >= 0.3 is 5.97 Å². The highest BCUT2D eigenvalue weighted by Gasteiger charge is 2.00. The van der Waals surface area contributed by atoms with Crippen LogP contribution in [0.4, 0.5) is 0 Å². The maximum atomic E-state index is 11.0. The Kier molecular flexibility index (Phi) is 2.42. The van der Waals surface area contributed by atoms with Crippen molar-refractivity contribution < 1.29 is 14.7 Å². The number of hydrogen-bond donors (Lipinski definition) is 2. The lowest BCUT2D eigenvalue weighted by Gasteiger charge is -1.85. The summed E-state index contributed by atoms with van der Waals surface area (Å²) in [7, 11) is 0. The SMILES string of the molecule is O=C(O)/C=C/C(=O)c1cc[nH]c1. The number of carboxylic acid groups (broad SMARTS) is 1. The second-order valence-corrected chi connectivity index (χ2v) is 2.14. The number of hydrogen-bond acceptors (Lipinski definition) is 2. The maximum absolute atomic E-state index is 11.0. The third-order valence-electron chi connectivity index (χ3n) is 1.26. The van der Waals surface area contributed by atoms with Gasteiger partial charge in [-0.1, -0.05) is 0 Å². The summed E-state index contributed by atoms with van der Waals surface area (Å²) in [6, 6.07) is 1.58. The molecule has 1 rings (SSSR count). The van der Waals surface area contributed by atoms with E-state index in [1.165, 1.54) is 6.20 Å². The minimum Gasteiger partial charge on any atom is -0.478 e. The van der Waals surface area contributed by atoms with Crippen molar-refractivity contribution in [1.82, 2.24) is 4.98 Å². The van der Waals surface area contributed by atoms with E-state index in [9.17, 15) is 9.59 Å². The van der Waals surface area contributed by atoms with Gasteiger partial charge in [-0.25, -0.2) is 4.79 Å². The van der Waals surface area contributed by atoms with Crippen molar-refractivity contribution in [2.75, 3.05) is 0 Å². The van der Waals surface area contributed by atoms with Crippen LogP contribution in [0.15, 0.2) is 30.6 Å². The highest BCUT2D eigenvalue weighted by atomic mass is 16.4. The molecule has 0 saturated heterocycles. The number of aromatic amines is 1. The Bertz CT molecular complexity index is 311. The molecule has 0 saturated carbocycles. The Labute approximate surface area is 68.5 Å². The van der Waals surface area contributed by atoms with Gasteiger partial charge in [-0.2, -0.15) is 0 Å². The molecule has 0 radical (unpaired) electrons. The fraction of sp³-hybridized carbons (Fsp3) is 0. The number of carbonyl (C=O) groups excluding carboxylic acids is 1. The minimum absolute atomic E-state index is 0.321. The van der Waals surface area contributed by atoms with E-state index in [2.05, 4.69) is 4.98 Å². The predicted molar refractivity (Wildman–Crippen MR) is 41.9 cm³/mol. The van der Waals surface area contributed by atoms with Crippen molar-refractivity contribution in [3.05, 3.63) is 36.2 Å². The Morgan fingerprint density at radius 3 is 2.67 bits per heavy atom. The second-order valence-electron chi connectivity index (χ2n) is 2.14. The third kappa shape index (κ3) is 2.09. The minimum atomic E-state index is -1.13. The smallest absolute Gasteiger partial charge is 0.328 e. The van der Waals surface area contributed by atoms with Crippen molar-refractivity contribution >= 4 is 11.8 Å². The van der Waals surface area contributed by atoms with Crippen molar-refractivity contribution in [2.24, 2.45) is 0 Å². The molecule has 0 aromatic carbocycles.